The maximum atomic E-state index is 13.7. The van der Waals surface area contributed by atoms with Crippen molar-refractivity contribution in [2.24, 2.45) is 23.5 Å². The lowest BCUT2D eigenvalue weighted by Crippen LogP contribution is -2.31. The molecular formula is C15H21F2N. The third kappa shape index (κ3) is 3.08. The molecule has 3 unspecified atom stereocenters. The summed E-state index contributed by atoms with van der Waals surface area (Å²) in [4.78, 5) is 0. The van der Waals surface area contributed by atoms with Crippen molar-refractivity contribution in [2.75, 3.05) is 6.54 Å². The second kappa shape index (κ2) is 5.79. The lowest BCUT2D eigenvalue weighted by atomic mass is 9.72. The predicted molar refractivity (Wildman–Crippen MR) is 69.1 cm³/mol. The Morgan fingerprint density at radius 2 is 2.00 bits per heavy atom. The van der Waals surface area contributed by atoms with Gasteiger partial charge in [-0.1, -0.05) is 13.3 Å². The Bertz CT molecular complexity index is 405. The molecule has 100 valence electrons. The van der Waals surface area contributed by atoms with E-state index in [2.05, 4.69) is 6.92 Å². The summed E-state index contributed by atoms with van der Waals surface area (Å²) in [5.74, 6) is 0.832. The van der Waals surface area contributed by atoms with Gasteiger partial charge in [-0.25, -0.2) is 8.78 Å². The van der Waals surface area contributed by atoms with Gasteiger partial charge in [0.2, 0.25) is 0 Å². The van der Waals surface area contributed by atoms with Crippen molar-refractivity contribution in [2.45, 2.75) is 32.6 Å². The molecule has 3 heteroatoms. The number of rotatable bonds is 3. The zero-order chi connectivity index (χ0) is 13.1. The van der Waals surface area contributed by atoms with Crippen LogP contribution in [-0.4, -0.2) is 6.54 Å². The fourth-order valence-electron chi connectivity index (χ4n) is 3.10. The average Bonchev–Trinajstić information content (AvgIpc) is 2.34. The monoisotopic (exact) mass is 253 g/mol. The van der Waals surface area contributed by atoms with E-state index in [1.165, 1.54) is 24.6 Å². The quantitative estimate of drug-likeness (QED) is 0.876. The first kappa shape index (κ1) is 13.5. The number of nitrogens with two attached hydrogens (primary N) is 1. The molecule has 1 aromatic rings. The van der Waals surface area contributed by atoms with Crippen molar-refractivity contribution in [1.29, 1.82) is 0 Å². The largest absolute Gasteiger partial charge is 0.330 e. The highest BCUT2D eigenvalue weighted by atomic mass is 19.1. The van der Waals surface area contributed by atoms with Crippen LogP contribution in [0.3, 0.4) is 0 Å². The highest BCUT2D eigenvalue weighted by molar-refractivity contribution is 5.19. The predicted octanol–water partition coefficient (Wildman–Crippen LogP) is 3.52. The molecule has 1 saturated carbocycles. The Hall–Kier alpha value is -0.960. The minimum atomic E-state index is -0.362. The zero-order valence-corrected chi connectivity index (χ0v) is 10.8. The molecule has 0 aromatic heterocycles. The zero-order valence-electron chi connectivity index (χ0n) is 10.8. The average molecular weight is 253 g/mol. The van der Waals surface area contributed by atoms with Crippen LogP contribution in [0, 0.1) is 29.4 Å². The topological polar surface area (TPSA) is 26.0 Å². The van der Waals surface area contributed by atoms with E-state index in [9.17, 15) is 8.78 Å². The standard InChI is InChI=1S/C15H21F2N/c1-10-2-3-11(9-18)12(6-10)7-13-8-14(16)4-5-15(13)17/h4-5,8,10-12H,2-3,6-7,9,18H2,1H3. The van der Waals surface area contributed by atoms with Crippen LogP contribution in [0.2, 0.25) is 0 Å². The molecular weight excluding hydrogens is 232 g/mol. The fourth-order valence-corrected chi connectivity index (χ4v) is 3.10. The molecule has 0 amide bonds. The van der Waals surface area contributed by atoms with E-state index in [-0.39, 0.29) is 11.6 Å². The van der Waals surface area contributed by atoms with Crippen LogP contribution < -0.4 is 5.73 Å². The molecule has 0 bridgehead atoms. The first-order chi connectivity index (χ1) is 8.60. The molecule has 1 fully saturated rings. The molecule has 2 N–H and O–H groups in total. The Balaban J connectivity index is 2.12. The minimum absolute atomic E-state index is 0.301. The van der Waals surface area contributed by atoms with Gasteiger partial charge >= 0.3 is 0 Å². The maximum Gasteiger partial charge on any atom is 0.126 e. The van der Waals surface area contributed by atoms with Gasteiger partial charge in [-0.15, -0.1) is 0 Å². The van der Waals surface area contributed by atoms with E-state index in [4.69, 9.17) is 5.73 Å². The minimum Gasteiger partial charge on any atom is -0.330 e. The van der Waals surface area contributed by atoms with Crippen LogP contribution in [0.5, 0.6) is 0 Å². The lowest BCUT2D eigenvalue weighted by Gasteiger charge is -2.34. The van der Waals surface area contributed by atoms with Crippen molar-refractivity contribution in [3.63, 3.8) is 0 Å². The molecule has 18 heavy (non-hydrogen) atoms. The van der Waals surface area contributed by atoms with E-state index >= 15 is 0 Å². The van der Waals surface area contributed by atoms with Crippen molar-refractivity contribution in [1.82, 2.24) is 0 Å². The number of benzene rings is 1. The van der Waals surface area contributed by atoms with Gasteiger partial charge in [-0.2, -0.15) is 0 Å². The highest BCUT2D eigenvalue weighted by Crippen LogP contribution is 2.35. The Morgan fingerprint density at radius 3 is 2.72 bits per heavy atom. The first-order valence-corrected chi connectivity index (χ1v) is 6.74. The molecule has 0 radical (unpaired) electrons. The summed E-state index contributed by atoms with van der Waals surface area (Å²) in [5, 5.41) is 0. The molecule has 0 saturated heterocycles. The second-order valence-electron chi connectivity index (χ2n) is 5.61. The maximum absolute atomic E-state index is 13.7. The molecule has 0 aliphatic heterocycles. The van der Waals surface area contributed by atoms with Crippen LogP contribution in [0.4, 0.5) is 8.78 Å². The van der Waals surface area contributed by atoms with E-state index < -0.39 is 0 Å². The highest BCUT2D eigenvalue weighted by Gasteiger charge is 2.28. The SMILES string of the molecule is CC1CCC(CN)C(Cc2cc(F)ccc2F)C1. The normalized spacial score (nSPS) is 28.3. The number of hydrogen-bond acceptors (Lipinski definition) is 1. The molecule has 1 aromatic carbocycles. The van der Waals surface area contributed by atoms with Crippen LogP contribution in [0.15, 0.2) is 18.2 Å². The van der Waals surface area contributed by atoms with Crippen LogP contribution in [0.1, 0.15) is 31.7 Å². The van der Waals surface area contributed by atoms with Gasteiger partial charge in [-0.05, 0) is 67.3 Å². The summed E-state index contributed by atoms with van der Waals surface area (Å²) < 4.78 is 26.8. The molecule has 1 aliphatic carbocycles. The van der Waals surface area contributed by atoms with E-state index in [1.807, 2.05) is 0 Å². The van der Waals surface area contributed by atoms with Gasteiger partial charge in [-0.3, -0.25) is 0 Å². The molecule has 0 heterocycles. The Morgan fingerprint density at radius 1 is 1.22 bits per heavy atom. The van der Waals surface area contributed by atoms with Gasteiger partial charge in [0, 0.05) is 0 Å². The number of hydrogen-bond donors (Lipinski definition) is 1. The van der Waals surface area contributed by atoms with Crippen molar-refractivity contribution in [3.8, 4) is 0 Å². The van der Waals surface area contributed by atoms with Gasteiger partial charge in [0.1, 0.15) is 11.6 Å². The summed E-state index contributed by atoms with van der Waals surface area (Å²) in [6.45, 7) is 2.87. The smallest absolute Gasteiger partial charge is 0.126 e. The van der Waals surface area contributed by atoms with Gasteiger partial charge < -0.3 is 5.73 Å². The van der Waals surface area contributed by atoms with Crippen LogP contribution >= 0.6 is 0 Å². The van der Waals surface area contributed by atoms with Crippen LogP contribution in [0.25, 0.3) is 0 Å². The van der Waals surface area contributed by atoms with Gasteiger partial charge in [0.25, 0.3) is 0 Å². The van der Waals surface area contributed by atoms with Crippen molar-refractivity contribution in [3.05, 3.63) is 35.4 Å². The molecule has 2 rings (SSSR count). The lowest BCUT2D eigenvalue weighted by molar-refractivity contribution is 0.192. The Labute approximate surface area is 107 Å². The van der Waals surface area contributed by atoms with E-state index in [1.54, 1.807) is 0 Å². The van der Waals surface area contributed by atoms with E-state index in [0.717, 1.165) is 12.8 Å². The van der Waals surface area contributed by atoms with Crippen LogP contribution in [-0.2, 0) is 6.42 Å². The fraction of sp³-hybridized carbons (Fsp3) is 0.600. The third-order valence-corrected chi connectivity index (χ3v) is 4.19. The summed E-state index contributed by atoms with van der Waals surface area (Å²) in [6.07, 6.45) is 3.98. The van der Waals surface area contributed by atoms with Crippen molar-refractivity contribution < 1.29 is 8.78 Å². The molecule has 1 aliphatic rings. The van der Waals surface area contributed by atoms with Gasteiger partial charge in [0.05, 0.1) is 0 Å². The van der Waals surface area contributed by atoms with E-state index in [0.29, 0.717) is 36.3 Å². The molecule has 0 spiro atoms. The molecule has 1 nitrogen and oxygen atoms in total. The first-order valence-electron chi connectivity index (χ1n) is 6.74. The Kier molecular flexibility index (Phi) is 4.33. The third-order valence-electron chi connectivity index (χ3n) is 4.19. The second-order valence-corrected chi connectivity index (χ2v) is 5.61. The van der Waals surface area contributed by atoms with Gasteiger partial charge in [0.15, 0.2) is 0 Å². The summed E-state index contributed by atoms with van der Waals surface area (Å²) in [7, 11) is 0. The number of halogens is 2. The summed E-state index contributed by atoms with van der Waals surface area (Å²) >= 11 is 0. The van der Waals surface area contributed by atoms with Crippen molar-refractivity contribution >= 4 is 0 Å². The summed E-state index contributed by atoms with van der Waals surface area (Å²) in [6, 6.07) is 3.71. The molecule has 3 atom stereocenters. The summed E-state index contributed by atoms with van der Waals surface area (Å²) in [5.41, 5.74) is 6.29.